The zero-order valence-corrected chi connectivity index (χ0v) is 17.6. The third-order valence-corrected chi connectivity index (χ3v) is 6.50. The van der Waals surface area contributed by atoms with Crippen LogP contribution in [0.1, 0.15) is 0 Å². The highest BCUT2D eigenvalue weighted by Crippen LogP contribution is 2.35. The second kappa shape index (κ2) is 8.11. The summed E-state index contributed by atoms with van der Waals surface area (Å²) < 4.78 is 42.5. The van der Waals surface area contributed by atoms with Crippen LogP contribution in [0.3, 0.4) is 0 Å². The molecule has 0 atom stereocenters. The number of anilines is 1. The van der Waals surface area contributed by atoms with E-state index in [4.69, 9.17) is 19.7 Å². The fourth-order valence-electron chi connectivity index (χ4n) is 3.08. The van der Waals surface area contributed by atoms with E-state index in [2.05, 4.69) is 10.1 Å². The maximum absolute atomic E-state index is 13.2. The number of nitrogens with zero attached hydrogens (tertiary/aromatic N) is 2. The SMILES string of the molecule is COc1ccc(OC)c(-c2noc(-c3ccccc3S(=O)(=O)c3ccc(N)cc3)n2)c1. The molecule has 0 saturated heterocycles. The van der Waals surface area contributed by atoms with Crippen LogP contribution in [-0.4, -0.2) is 32.8 Å². The van der Waals surface area contributed by atoms with Crippen molar-refractivity contribution < 1.29 is 22.4 Å². The first-order valence-corrected chi connectivity index (χ1v) is 10.7. The van der Waals surface area contributed by atoms with Crippen LogP contribution in [0.2, 0.25) is 0 Å². The van der Waals surface area contributed by atoms with E-state index < -0.39 is 9.84 Å². The lowest BCUT2D eigenvalue weighted by atomic mass is 10.1. The summed E-state index contributed by atoms with van der Waals surface area (Å²) in [6.45, 7) is 0. The van der Waals surface area contributed by atoms with Gasteiger partial charge in [-0.1, -0.05) is 17.3 Å². The Kier molecular flexibility index (Phi) is 5.35. The number of methoxy groups -OCH3 is 2. The Bertz CT molecular complexity index is 1330. The van der Waals surface area contributed by atoms with E-state index in [0.717, 1.165) is 0 Å². The molecule has 2 N–H and O–H groups in total. The predicted molar refractivity (Wildman–Crippen MR) is 115 cm³/mol. The molecule has 4 rings (SSSR count). The van der Waals surface area contributed by atoms with Gasteiger partial charge in [-0.05, 0) is 54.6 Å². The van der Waals surface area contributed by atoms with Crippen LogP contribution in [0, 0.1) is 0 Å². The van der Waals surface area contributed by atoms with Crippen molar-refractivity contribution in [2.24, 2.45) is 0 Å². The number of nitrogens with two attached hydrogens (primary N) is 1. The molecule has 0 radical (unpaired) electrons. The minimum Gasteiger partial charge on any atom is -0.497 e. The molecular formula is C22H19N3O5S. The molecule has 0 aliphatic carbocycles. The van der Waals surface area contributed by atoms with Gasteiger partial charge >= 0.3 is 0 Å². The van der Waals surface area contributed by atoms with Crippen LogP contribution in [0.15, 0.2) is 81.0 Å². The summed E-state index contributed by atoms with van der Waals surface area (Å²) in [5.41, 5.74) is 7.00. The van der Waals surface area contributed by atoms with E-state index in [0.29, 0.717) is 28.3 Å². The summed E-state index contributed by atoms with van der Waals surface area (Å²) in [7, 11) is -0.766. The van der Waals surface area contributed by atoms with Crippen LogP contribution in [0.5, 0.6) is 11.5 Å². The summed E-state index contributed by atoms with van der Waals surface area (Å²) in [6.07, 6.45) is 0. The average molecular weight is 437 g/mol. The van der Waals surface area contributed by atoms with Crippen molar-refractivity contribution in [1.29, 1.82) is 0 Å². The van der Waals surface area contributed by atoms with Crippen molar-refractivity contribution >= 4 is 15.5 Å². The quantitative estimate of drug-likeness (QED) is 0.452. The van der Waals surface area contributed by atoms with E-state index in [9.17, 15) is 8.42 Å². The first-order chi connectivity index (χ1) is 14.9. The van der Waals surface area contributed by atoms with Gasteiger partial charge in [-0.3, -0.25) is 0 Å². The molecular weight excluding hydrogens is 418 g/mol. The summed E-state index contributed by atoms with van der Waals surface area (Å²) in [4.78, 5) is 4.58. The number of nitrogen functional groups attached to an aromatic ring is 1. The second-order valence-corrected chi connectivity index (χ2v) is 8.48. The summed E-state index contributed by atoms with van der Waals surface area (Å²) >= 11 is 0. The highest BCUT2D eigenvalue weighted by atomic mass is 32.2. The lowest BCUT2D eigenvalue weighted by Crippen LogP contribution is -2.04. The van der Waals surface area contributed by atoms with E-state index in [-0.39, 0.29) is 21.5 Å². The standard InChI is InChI=1S/C22H19N3O5S/c1-28-15-9-12-19(29-2)18(13-15)21-24-22(30-25-21)17-5-3-4-6-20(17)31(26,27)16-10-7-14(23)8-11-16/h3-13H,23H2,1-2H3. The van der Waals surface area contributed by atoms with E-state index in [1.54, 1.807) is 43.5 Å². The molecule has 4 aromatic rings. The maximum atomic E-state index is 13.2. The van der Waals surface area contributed by atoms with Gasteiger partial charge in [0.15, 0.2) is 0 Å². The molecule has 0 aliphatic heterocycles. The molecule has 0 bridgehead atoms. The Hall–Kier alpha value is -3.85. The number of rotatable bonds is 6. The number of hydrogen-bond donors (Lipinski definition) is 1. The molecule has 8 nitrogen and oxygen atoms in total. The van der Waals surface area contributed by atoms with Gasteiger partial charge in [0, 0.05) is 5.69 Å². The summed E-state index contributed by atoms with van der Waals surface area (Å²) in [5.74, 6) is 1.42. The third-order valence-electron chi connectivity index (χ3n) is 4.67. The lowest BCUT2D eigenvalue weighted by molar-refractivity contribution is 0.403. The van der Waals surface area contributed by atoms with Crippen LogP contribution in [0.4, 0.5) is 5.69 Å². The molecule has 1 aromatic heterocycles. The van der Waals surface area contributed by atoms with Gasteiger partial charge in [0.25, 0.3) is 5.89 Å². The van der Waals surface area contributed by atoms with Crippen LogP contribution in [0.25, 0.3) is 22.8 Å². The normalized spacial score (nSPS) is 11.3. The lowest BCUT2D eigenvalue weighted by Gasteiger charge is -2.08. The molecule has 3 aromatic carbocycles. The predicted octanol–water partition coefficient (Wildman–Crippen LogP) is 3.84. The first-order valence-electron chi connectivity index (χ1n) is 9.20. The second-order valence-electron chi connectivity index (χ2n) is 6.56. The van der Waals surface area contributed by atoms with Crippen molar-refractivity contribution in [2.45, 2.75) is 9.79 Å². The zero-order valence-electron chi connectivity index (χ0n) is 16.8. The summed E-state index contributed by atoms with van der Waals surface area (Å²) in [5, 5.41) is 4.02. The summed E-state index contributed by atoms with van der Waals surface area (Å²) in [6, 6.07) is 17.6. The van der Waals surface area contributed by atoms with Gasteiger partial charge in [0.1, 0.15) is 11.5 Å². The van der Waals surface area contributed by atoms with Gasteiger partial charge in [-0.15, -0.1) is 0 Å². The fourth-order valence-corrected chi connectivity index (χ4v) is 4.53. The van der Waals surface area contributed by atoms with Gasteiger partial charge in [-0.25, -0.2) is 8.42 Å². The van der Waals surface area contributed by atoms with Gasteiger partial charge in [0.2, 0.25) is 15.7 Å². The monoisotopic (exact) mass is 437 g/mol. The highest BCUT2D eigenvalue weighted by molar-refractivity contribution is 7.91. The van der Waals surface area contributed by atoms with Crippen LogP contribution in [-0.2, 0) is 9.84 Å². The Balaban J connectivity index is 1.81. The number of aromatic nitrogens is 2. The molecule has 0 saturated carbocycles. The molecule has 31 heavy (non-hydrogen) atoms. The van der Waals surface area contributed by atoms with Gasteiger partial charge < -0.3 is 19.7 Å². The van der Waals surface area contributed by atoms with Crippen molar-refractivity contribution in [1.82, 2.24) is 10.1 Å². The zero-order chi connectivity index (χ0) is 22.0. The minimum atomic E-state index is -3.84. The Labute approximate surface area is 179 Å². The maximum Gasteiger partial charge on any atom is 0.259 e. The Morgan fingerprint density at radius 1 is 0.903 bits per heavy atom. The van der Waals surface area contributed by atoms with E-state index in [1.807, 2.05) is 0 Å². The van der Waals surface area contributed by atoms with Crippen LogP contribution < -0.4 is 15.2 Å². The minimum absolute atomic E-state index is 0.0487. The van der Waals surface area contributed by atoms with Crippen molar-refractivity contribution in [3.8, 4) is 34.3 Å². The molecule has 0 spiro atoms. The van der Waals surface area contributed by atoms with Crippen molar-refractivity contribution in [3.05, 3.63) is 66.7 Å². The van der Waals surface area contributed by atoms with E-state index >= 15 is 0 Å². The van der Waals surface area contributed by atoms with Gasteiger partial charge in [-0.2, -0.15) is 4.98 Å². The third kappa shape index (κ3) is 3.82. The molecule has 9 heteroatoms. The highest BCUT2D eigenvalue weighted by Gasteiger charge is 2.25. The van der Waals surface area contributed by atoms with Crippen molar-refractivity contribution in [3.63, 3.8) is 0 Å². The molecule has 0 fully saturated rings. The van der Waals surface area contributed by atoms with Crippen molar-refractivity contribution in [2.75, 3.05) is 20.0 Å². The first kappa shape index (κ1) is 20.4. The number of ether oxygens (including phenoxy) is 2. The van der Waals surface area contributed by atoms with Gasteiger partial charge in [0.05, 0.1) is 35.1 Å². The molecule has 0 aliphatic rings. The number of sulfone groups is 1. The molecule has 0 amide bonds. The average Bonchev–Trinajstić information content (AvgIpc) is 3.29. The Morgan fingerprint density at radius 3 is 2.35 bits per heavy atom. The van der Waals surface area contributed by atoms with Crippen LogP contribution >= 0.6 is 0 Å². The molecule has 0 unspecified atom stereocenters. The number of benzene rings is 3. The largest absolute Gasteiger partial charge is 0.497 e. The fraction of sp³-hybridized carbons (Fsp3) is 0.0909. The Morgan fingerprint density at radius 2 is 1.65 bits per heavy atom. The smallest absolute Gasteiger partial charge is 0.259 e. The molecule has 1 heterocycles. The number of hydrogen-bond acceptors (Lipinski definition) is 8. The topological polar surface area (TPSA) is 118 Å². The van der Waals surface area contributed by atoms with E-state index in [1.165, 1.54) is 37.4 Å². The molecule has 158 valence electrons.